The van der Waals surface area contributed by atoms with Gasteiger partial charge in [-0.3, -0.25) is 0 Å². The van der Waals surface area contributed by atoms with E-state index in [0.29, 0.717) is 6.04 Å². The predicted octanol–water partition coefficient (Wildman–Crippen LogP) is 4.27. The SMILES string of the molecule is CCN(c1cc(Br)ccc1C(C)O)C1CCCC1. The molecule has 100 valence electrons. The summed E-state index contributed by atoms with van der Waals surface area (Å²) in [5.41, 5.74) is 2.22. The maximum atomic E-state index is 9.94. The van der Waals surface area contributed by atoms with E-state index in [4.69, 9.17) is 0 Å². The third-order valence-corrected chi connectivity index (χ3v) is 4.35. The standard InChI is InChI=1S/C15H22BrNO/c1-3-17(13-6-4-5-7-13)15-10-12(16)8-9-14(15)11(2)18/h8-11,13,18H,3-7H2,1-2H3. The molecular formula is C15H22BrNO. The molecule has 0 saturated heterocycles. The van der Waals surface area contributed by atoms with Gasteiger partial charge >= 0.3 is 0 Å². The van der Waals surface area contributed by atoms with E-state index in [1.807, 2.05) is 19.1 Å². The molecule has 18 heavy (non-hydrogen) atoms. The highest BCUT2D eigenvalue weighted by Crippen LogP contribution is 2.34. The number of anilines is 1. The lowest BCUT2D eigenvalue weighted by molar-refractivity contribution is 0.199. The zero-order valence-corrected chi connectivity index (χ0v) is 12.8. The summed E-state index contributed by atoms with van der Waals surface area (Å²) in [6.45, 7) is 5.04. The Kier molecular flexibility index (Phi) is 4.68. The number of rotatable bonds is 4. The largest absolute Gasteiger partial charge is 0.389 e. The van der Waals surface area contributed by atoms with Crippen molar-refractivity contribution in [2.45, 2.75) is 51.7 Å². The Labute approximate surface area is 118 Å². The van der Waals surface area contributed by atoms with E-state index in [2.05, 4.69) is 33.8 Å². The molecule has 2 nitrogen and oxygen atoms in total. The Morgan fingerprint density at radius 3 is 2.61 bits per heavy atom. The van der Waals surface area contributed by atoms with Crippen LogP contribution in [0.25, 0.3) is 0 Å². The summed E-state index contributed by atoms with van der Waals surface area (Å²) in [5.74, 6) is 0. The molecule has 2 rings (SSSR count). The Morgan fingerprint density at radius 2 is 2.06 bits per heavy atom. The van der Waals surface area contributed by atoms with Crippen molar-refractivity contribution in [1.82, 2.24) is 0 Å². The van der Waals surface area contributed by atoms with Crippen molar-refractivity contribution in [3.63, 3.8) is 0 Å². The minimum atomic E-state index is -0.413. The van der Waals surface area contributed by atoms with Gasteiger partial charge in [-0.15, -0.1) is 0 Å². The molecule has 1 fully saturated rings. The predicted molar refractivity (Wildman–Crippen MR) is 80.1 cm³/mol. The van der Waals surface area contributed by atoms with Gasteiger partial charge in [0.1, 0.15) is 0 Å². The molecule has 1 aliphatic rings. The number of benzene rings is 1. The van der Waals surface area contributed by atoms with Crippen LogP contribution in [0.3, 0.4) is 0 Å². The third-order valence-electron chi connectivity index (χ3n) is 3.86. The van der Waals surface area contributed by atoms with Gasteiger partial charge in [0, 0.05) is 28.3 Å². The molecule has 0 bridgehead atoms. The van der Waals surface area contributed by atoms with E-state index in [1.54, 1.807) is 0 Å². The van der Waals surface area contributed by atoms with Crippen LogP contribution in [0.1, 0.15) is 51.2 Å². The lowest BCUT2D eigenvalue weighted by Crippen LogP contribution is -2.33. The molecule has 1 aromatic carbocycles. The maximum absolute atomic E-state index is 9.94. The van der Waals surface area contributed by atoms with Gasteiger partial charge in [-0.05, 0) is 38.8 Å². The number of nitrogens with zero attached hydrogens (tertiary/aromatic N) is 1. The van der Waals surface area contributed by atoms with E-state index >= 15 is 0 Å². The van der Waals surface area contributed by atoms with Crippen molar-refractivity contribution in [1.29, 1.82) is 0 Å². The molecular weight excluding hydrogens is 290 g/mol. The van der Waals surface area contributed by atoms with Crippen molar-refractivity contribution < 1.29 is 5.11 Å². The third kappa shape index (κ3) is 2.89. The van der Waals surface area contributed by atoms with Gasteiger partial charge in [0.15, 0.2) is 0 Å². The van der Waals surface area contributed by atoms with E-state index in [0.717, 1.165) is 16.6 Å². The molecule has 1 aromatic rings. The van der Waals surface area contributed by atoms with E-state index in [-0.39, 0.29) is 0 Å². The summed E-state index contributed by atoms with van der Waals surface area (Å²) < 4.78 is 1.08. The van der Waals surface area contributed by atoms with E-state index < -0.39 is 6.10 Å². The van der Waals surface area contributed by atoms with Crippen LogP contribution in [0.15, 0.2) is 22.7 Å². The fourth-order valence-electron chi connectivity index (χ4n) is 2.96. The molecule has 1 saturated carbocycles. The van der Waals surface area contributed by atoms with Crippen molar-refractivity contribution in [3.8, 4) is 0 Å². The minimum absolute atomic E-state index is 0.413. The fourth-order valence-corrected chi connectivity index (χ4v) is 3.31. The zero-order chi connectivity index (χ0) is 13.1. The Hall–Kier alpha value is -0.540. The van der Waals surface area contributed by atoms with Crippen LogP contribution >= 0.6 is 15.9 Å². The first-order valence-corrected chi connectivity index (χ1v) is 7.67. The average molecular weight is 312 g/mol. The van der Waals surface area contributed by atoms with Gasteiger partial charge in [-0.25, -0.2) is 0 Å². The topological polar surface area (TPSA) is 23.5 Å². The molecule has 0 aromatic heterocycles. The van der Waals surface area contributed by atoms with Gasteiger partial charge in [0.25, 0.3) is 0 Å². The monoisotopic (exact) mass is 311 g/mol. The highest BCUT2D eigenvalue weighted by molar-refractivity contribution is 9.10. The van der Waals surface area contributed by atoms with Crippen LogP contribution in [0, 0.1) is 0 Å². The highest BCUT2D eigenvalue weighted by Gasteiger charge is 2.24. The number of hydrogen-bond acceptors (Lipinski definition) is 2. The van der Waals surface area contributed by atoms with Gasteiger partial charge < -0.3 is 10.0 Å². The summed E-state index contributed by atoms with van der Waals surface area (Å²) in [4.78, 5) is 2.46. The van der Waals surface area contributed by atoms with Gasteiger partial charge in [-0.1, -0.05) is 34.8 Å². The molecule has 3 heteroatoms. The van der Waals surface area contributed by atoms with Crippen LogP contribution in [0.5, 0.6) is 0 Å². The summed E-state index contributed by atoms with van der Waals surface area (Å²) in [6.07, 6.45) is 4.81. The molecule has 1 unspecified atom stereocenters. The van der Waals surface area contributed by atoms with E-state index in [1.165, 1.54) is 31.4 Å². The summed E-state index contributed by atoms with van der Waals surface area (Å²) in [7, 11) is 0. The number of halogens is 1. The molecule has 1 atom stereocenters. The van der Waals surface area contributed by atoms with Gasteiger partial charge in [0.2, 0.25) is 0 Å². The second kappa shape index (κ2) is 6.07. The lowest BCUT2D eigenvalue weighted by Gasteiger charge is -2.32. The molecule has 0 heterocycles. The quantitative estimate of drug-likeness (QED) is 0.897. The first-order valence-electron chi connectivity index (χ1n) is 6.87. The maximum Gasteiger partial charge on any atom is 0.0782 e. The fraction of sp³-hybridized carbons (Fsp3) is 0.600. The zero-order valence-electron chi connectivity index (χ0n) is 11.2. The summed E-state index contributed by atoms with van der Waals surface area (Å²) >= 11 is 3.54. The first kappa shape index (κ1) is 13.9. The van der Waals surface area contributed by atoms with E-state index in [9.17, 15) is 5.11 Å². The molecule has 0 aliphatic heterocycles. The van der Waals surface area contributed by atoms with Gasteiger partial charge in [-0.2, -0.15) is 0 Å². The smallest absolute Gasteiger partial charge is 0.0782 e. The first-order chi connectivity index (χ1) is 8.63. The van der Waals surface area contributed by atoms with Crippen molar-refractivity contribution in [3.05, 3.63) is 28.2 Å². The number of aliphatic hydroxyl groups excluding tert-OH is 1. The summed E-state index contributed by atoms with van der Waals surface area (Å²) in [5, 5.41) is 9.94. The Balaban J connectivity index is 2.36. The minimum Gasteiger partial charge on any atom is -0.389 e. The van der Waals surface area contributed by atoms with Crippen molar-refractivity contribution in [2.75, 3.05) is 11.4 Å². The highest BCUT2D eigenvalue weighted by atomic mass is 79.9. The van der Waals surface area contributed by atoms with Crippen molar-refractivity contribution in [2.24, 2.45) is 0 Å². The lowest BCUT2D eigenvalue weighted by atomic mass is 10.1. The van der Waals surface area contributed by atoms with Crippen LogP contribution in [0.4, 0.5) is 5.69 Å². The van der Waals surface area contributed by atoms with Crippen LogP contribution in [-0.4, -0.2) is 17.7 Å². The number of aliphatic hydroxyl groups is 1. The van der Waals surface area contributed by atoms with Crippen LogP contribution in [-0.2, 0) is 0 Å². The molecule has 0 amide bonds. The normalized spacial score (nSPS) is 18.0. The van der Waals surface area contributed by atoms with Gasteiger partial charge in [0.05, 0.1) is 6.10 Å². The second-order valence-electron chi connectivity index (χ2n) is 5.10. The second-order valence-corrected chi connectivity index (χ2v) is 6.02. The Bertz CT molecular complexity index is 399. The molecule has 0 spiro atoms. The Morgan fingerprint density at radius 1 is 1.39 bits per heavy atom. The molecule has 1 N–H and O–H groups in total. The molecule has 1 aliphatic carbocycles. The van der Waals surface area contributed by atoms with Crippen molar-refractivity contribution >= 4 is 21.6 Å². The number of hydrogen-bond donors (Lipinski definition) is 1. The summed E-state index contributed by atoms with van der Waals surface area (Å²) in [6, 6.07) is 6.82. The van der Waals surface area contributed by atoms with Crippen LogP contribution < -0.4 is 4.90 Å². The average Bonchev–Trinajstić information content (AvgIpc) is 2.83. The molecule has 0 radical (unpaired) electrons. The van der Waals surface area contributed by atoms with Crippen LogP contribution in [0.2, 0.25) is 0 Å².